The van der Waals surface area contributed by atoms with E-state index in [-0.39, 0.29) is 23.5 Å². The quantitative estimate of drug-likeness (QED) is 0.840. The molecule has 0 saturated carbocycles. The van der Waals surface area contributed by atoms with Gasteiger partial charge in [0.2, 0.25) is 0 Å². The van der Waals surface area contributed by atoms with Crippen LogP contribution in [0.5, 0.6) is 0 Å². The third kappa shape index (κ3) is 2.85. The maximum absolute atomic E-state index is 14.1. The minimum Gasteiger partial charge on any atom is -0.366 e. The molecule has 1 aromatic rings. The van der Waals surface area contributed by atoms with Crippen molar-refractivity contribution in [2.24, 2.45) is 5.92 Å². The summed E-state index contributed by atoms with van der Waals surface area (Å²) in [5, 5.41) is 8.74. The molecule has 2 fully saturated rings. The SMILES string of the molecule is N#Cc1cc(F)c(N2CCCC(C3OCCO3)C2)c(F)c1. The molecule has 2 aliphatic rings. The first kappa shape index (κ1) is 14.2. The van der Waals surface area contributed by atoms with Crippen LogP contribution in [-0.4, -0.2) is 32.6 Å². The summed E-state index contributed by atoms with van der Waals surface area (Å²) in [7, 11) is 0. The standard InChI is InChI=1S/C15H16F2N2O2/c16-12-6-10(8-18)7-13(17)14(12)19-3-1-2-11(9-19)15-20-4-5-21-15/h6-7,11,15H,1-5,9H2. The van der Waals surface area contributed by atoms with Gasteiger partial charge in [-0.15, -0.1) is 0 Å². The molecule has 0 aliphatic carbocycles. The summed E-state index contributed by atoms with van der Waals surface area (Å²) in [6.45, 7) is 2.22. The van der Waals surface area contributed by atoms with Crippen LogP contribution in [0.2, 0.25) is 0 Å². The van der Waals surface area contributed by atoms with E-state index in [1.54, 1.807) is 11.0 Å². The first-order valence-electron chi connectivity index (χ1n) is 7.06. The van der Waals surface area contributed by atoms with Crippen LogP contribution in [0.4, 0.5) is 14.5 Å². The predicted octanol–water partition coefficient (Wildman–Crippen LogP) is 2.43. The molecule has 6 heteroatoms. The average molecular weight is 294 g/mol. The molecular weight excluding hydrogens is 278 g/mol. The maximum Gasteiger partial charge on any atom is 0.162 e. The van der Waals surface area contributed by atoms with Crippen LogP contribution in [0.1, 0.15) is 18.4 Å². The number of rotatable bonds is 2. The first-order chi connectivity index (χ1) is 10.2. The number of halogens is 2. The second-order valence-electron chi connectivity index (χ2n) is 5.36. The van der Waals surface area contributed by atoms with Crippen molar-refractivity contribution in [3.8, 4) is 6.07 Å². The smallest absolute Gasteiger partial charge is 0.162 e. The van der Waals surface area contributed by atoms with Crippen LogP contribution in [0.3, 0.4) is 0 Å². The van der Waals surface area contributed by atoms with Gasteiger partial charge in [-0.05, 0) is 25.0 Å². The van der Waals surface area contributed by atoms with E-state index in [1.807, 2.05) is 0 Å². The summed E-state index contributed by atoms with van der Waals surface area (Å²) in [6, 6.07) is 3.90. The van der Waals surface area contributed by atoms with Gasteiger partial charge in [0, 0.05) is 19.0 Å². The lowest BCUT2D eigenvalue weighted by Gasteiger charge is -2.36. The second-order valence-corrected chi connectivity index (χ2v) is 5.36. The third-order valence-electron chi connectivity index (χ3n) is 3.95. The van der Waals surface area contributed by atoms with Gasteiger partial charge in [-0.3, -0.25) is 0 Å². The Balaban J connectivity index is 1.81. The van der Waals surface area contributed by atoms with E-state index in [9.17, 15) is 8.78 Å². The zero-order chi connectivity index (χ0) is 14.8. The van der Waals surface area contributed by atoms with E-state index in [4.69, 9.17) is 14.7 Å². The number of hydrogen-bond acceptors (Lipinski definition) is 4. The first-order valence-corrected chi connectivity index (χ1v) is 7.06. The highest BCUT2D eigenvalue weighted by molar-refractivity contribution is 5.53. The molecule has 3 rings (SSSR count). The van der Waals surface area contributed by atoms with Crippen molar-refractivity contribution in [3.63, 3.8) is 0 Å². The molecule has 21 heavy (non-hydrogen) atoms. The average Bonchev–Trinajstić information content (AvgIpc) is 3.01. The van der Waals surface area contributed by atoms with Crippen LogP contribution < -0.4 is 4.90 Å². The normalized spacial score (nSPS) is 23.3. The van der Waals surface area contributed by atoms with Gasteiger partial charge in [0.15, 0.2) is 17.9 Å². The second kappa shape index (κ2) is 5.96. The van der Waals surface area contributed by atoms with Crippen molar-refractivity contribution in [1.82, 2.24) is 0 Å². The monoisotopic (exact) mass is 294 g/mol. The minimum absolute atomic E-state index is 0.00947. The number of anilines is 1. The Labute approximate surface area is 121 Å². The fourth-order valence-electron chi connectivity index (χ4n) is 3.02. The number of hydrogen-bond donors (Lipinski definition) is 0. The van der Waals surface area contributed by atoms with Gasteiger partial charge in [0.1, 0.15) is 5.69 Å². The third-order valence-corrected chi connectivity index (χ3v) is 3.95. The molecule has 2 aliphatic heterocycles. The van der Waals surface area contributed by atoms with Crippen molar-refractivity contribution in [2.45, 2.75) is 19.1 Å². The molecule has 0 spiro atoms. The van der Waals surface area contributed by atoms with Gasteiger partial charge in [0.25, 0.3) is 0 Å². The van der Waals surface area contributed by atoms with Crippen molar-refractivity contribution >= 4 is 5.69 Å². The van der Waals surface area contributed by atoms with E-state index in [0.29, 0.717) is 26.3 Å². The summed E-state index contributed by atoms with van der Waals surface area (Å²) in [5.41, 5.74) is -0.0681. The molecule has 1 unspecified atom stereocenters. The topological polar surface area (TPSA) is 45.5 Å². The molecule has 0 aromatic heterocycles. The Morgan fingerprint density at radius 3 is 2.48 bits per heavy atom. The Morgan fingerprint density at radius 2 is 1.86 bits per heavy atom. The molecule has 0 N–H and O–H groups in total. The van der Waals surface area contributed by atoms with Gasteiger partial charge in [-0.1, -0.05) is 0 Å². The van der Waals surface area contributed by atoms with Crippen molar-refractivity contribution < 1.29 is 18.3 Å². The van der Waals surface area contributed by atoms with E-state index in [2.05, 4.69) is 0 Å². The number of ether oxygens (including phenoxy) is 2. The lowest BCUT2D eigenvalue weighted by molar-refractivity contribution is -0.0859. The summed E-state index contributed by atoms with van der Waals surface area (Å²) < 4.78 is 39.2. The van der Waals surface area contributed by atoms with Gasteiger partial charge in [0.05, 0.1) is 24.8 Å². The van der Waals surface area contributed by atoms with Gasteiger partial charge >= 0.3 is 0 Å². The van der Waals surface area contributed by atoms with Crippen molar-refractivity contribution in [2.75, 3.05) is 31.2 Å². The zero-order valence-electron chi connectivity index (χ0n) is 11.5. The number of nitrogens with zero attached hydrogens (tertiary/aromatic N) is 2. The summed E-state index contributed by atoms with van der Waals surface area (Å²) >= 11 is 0. The van der Waals surface area contributed by atoms with Crippen molar-refractivity contribution in [3.05, 3.63) is 29.3 Å². The Morgan fingerprint density at radius 1 is 1.19 bits per heavy atom. The van der Waals surface area contributed by atoms with Gasteiger partial charge in [-0.25, -0.2) is 8.78 Å². The highest BCUT2D eigenvalue weighted by Crippen LogP contribution is 2.31. The lowest BCUT2D eigenvalue weighted by atomic mass is 9.96. The predicted molar refractivity (Wildman–Crippen MR) is 71.7 cm³/mol. The molecule has 1 aromatic carbocycles. The molecule has 112 valence electrons. The molecular formula is C15H16F2N2O2. The highest BCUT2D eigenvalue weighted by Gasteiger charge is 2.32. The van der Waals surface area contributed by atoms with Crippen molar-refractivity contribution in [1.29, 1.82) is 5.26 Å². The molecule has 2 saturated heterocycles. The largest absolute Gasteiger partial charge is 0.366 e. The van der Waals surface area contributed by atoms with E-state index < -0.39 is 11.6 Å². The Hall–Kier alpha value is -1.71. The zero-order valence-corrected chi connectivity index (χ0v) is 11.5. The van der Waals surface area contributed by atoms with Gasteiger partial charge < -0.3 is 14.4 Å². The van der Waals surface area contributed by atoms with Crippen LogP contribution in [0.15, 0.2) is 12.1 Å². The van der Waals surface area contributed by atoms with Crippen LogP contribution >= 0.6 is 0 Å². The van der Waals surface area contributed by atoms with Crippen LogP contribution in [0, 0.1) is 28.9 Å². The number of piperidine rings is 1. The van der Waals surface area contributed by atoms with E-state index in [0.717, 1.165) is 25.0 Å². The summed E-state index contributed by atoms with van der Waals surface area (Å²) in [4.78, 5) is 1.69. The highest BCUT2D eigenvalue weighted by atomic mass is 19.1. The van der Waals surface area contributed by atoms with E-state index >= 15 is 0 Å². The molecule has 2 heterocycles. The maximum atomic E-state index is 14.1. The molecule has 1 atom stereocenters. The van der Waals surface area contributed by atoms with Gasteiger partial charge in [-0.2, -0.15) is 5.26 Å². The number of nitriles is 1. The molecule has 0 radical (unpaired) electrons. The van der Waals surface area contributed by atoms with E-state index in [1.165, 1.54) is 0 Å². The summed E-state index contributed by atoms with van der Waals surface area (Å²) in [6.07, 6.45) is 1.46. The molecule has 4 nitrogen and oxygen atoms in total. The summed E-state index contributed by atoms with van der Waals surface area (Å²) in [5.74, 6) is -1.28. The molecule has 0 bridgehead atoms. The fraction of sp³-hybridized carbons (Fsp3) is 0.533. The number of benzene rings is 1. The fourth-order valence-corrected chi connectivity index (χ4v) is 3.02. The lowest BCUT2D eigenvalue weighted by Crippen LogP contribution is -2.41. The van der Waals surface area contributed by atoms with Crippen LogP contribution in [-0.2, 0) is 9.47 Å². The Kier molecular flexibility index (Phi) is 4.04. The van der Waals surface area contributed by atoms with Crippen LogP contribution in [0.25, 0.3) is 0 Å². The Bertz CT molecular complexity index is 544. The minimum atomic E-state index is -0.694. The molecule has 0 amide bonds.